The van der Waals surface area contributed by atoms with Crippen LogP contribution in [0, 0.1) is 17.3 Å². The summed E-state index contributed by atoms with van der Waals surface area (Å²) in [5.41, 5.74) is 0.442. The lowest BCUT2D eigenvalue weighted by Crippen LogP contribution is -2.40. The molecule has 0 bridgehead atoms. The first-order valence-corrected chi connectivity index (χ1v) is 9.27. The summed E-state index contributed by atoms with van der Waals surface area (Å²) in [4.78, 5) is 30.7. The number of carbonyl (C=O) groups is 2. The average molecular weight is 348 g/mol. The van der Waals surface area contributed by atoms with Crippen molar-refractivity contribution in [2.45, 2.75) is 52.9 Å². The van der Waals surface area contributed by atoms with Crippen LogP contribution in [-0.2, 0) is 9.53 Å². The Morgan fingerprint density at radius 3 is 2.64 bits per heavy atom. The van der Waals surface area contributed by atoms with Gasteiger partial charge in [0.1, 0.15) is 5.76 Å². The molecule has 2 aliphatic rings. The number of carbonyl (C=O) groups excluding carboxylic acids is 2. The largest absolute Gasteiger partial charge is 0.461 e. The number of rotatable bonds is 5. The summed E-state index contributed by atoms with van der Waals surface area (Å²) in [5.74, 6) is 1.27. The first kappa shape index (κ1) is 18.0. The van der Waals surface area contributed by atoms with Crippen molar-refractivity contribution in [3.8, 4) is 0 Å². The molecule has 1 amide bonds. The van der Waals surface area contributed by atoms with Crippen LogP contribution in [0.15, 0.2) is 10.8 Å². The van der Waals surface area contributed by atoms with Crippen molar-refractivity contribution in [3.63, 3.8) is 0 Å². The maximum Gasteiger partial charge on any atom is 0.360 e. The molecule has 0 aromatic carbocycles. The van der Waals surface area contributed by atoms with Crippen LogP contribution in [0.25, 0.3) is 0 Å². The minimum absolute atomic E-state index is 0.113. The summed E-state index contributed by atoms with van der Waals surface area (Å²) in [7, 11) is 0. The van der Waals surface area contributed by atoms with Gasteiger partial charge in [-0.2, -0.15) is 0 Å². The number of hydrogen-bond donors (Lipinski definition) is 0. The normalized spacial score (nSPS) is 26.8. The second-order valence-corrected chi connectivity index (χ2v) is 7.80. The Bertz CT molecular complexity index is 646. The maximum absolute atomic E-state index is 12.7. The van der Waals surface area contributed by atoms with Gasteiger partial charge in [-0.1, -0.05) is 20.8 Å². The Labute approximate surface area is 148 Å². The quantitative estimate of drug-likeness (QED) is 0.764. The van der Waals surface area contributed by atoms with Crippen LogP contribution in [0.2, 0.25) is 0 Å². The van der Waals surface area contributed by atoms with Crippen molar-refractivity contribution < 1.29 is 18.7 Å². The summed E-state index contributed by atoms with van der Waals surface area (Å²) < 4.78 is 10.5. The highest BCUT2D eigenvalue weighted by Crippen LogP contribution is 2.58. The number of hydrogen-bond acceptors (Lipinski definition) is 5. The second kappa shape index (κ2) is 6.81. The molecule has 0 radical (unpaired) electrons. The van der Waals surface area contributed by atoms with E-state index in [2.05, 4.69) is 25.8 Å². The van der Waals surface area contributed by atoms with Gasteiger partial charge in [0.2, 0.25) is 5.91 Å². The average Bonchev–Trinajstić information content (AvgIpc) is 3.07. The van der Waals surface area contributed by atoms with Gasteiger partial charge >= 0.3 is 5.97 Å². The molecule has 1 aliphatic heterocycles. The molecule has 0 spiro atoms. The molecular weight excluding hydrogens is 320 g/mol. The van der Waals surface area contributed by atoms with E-state index in [1.807, 2.05) is 4.90 Å². The lowest BCUT2D eigenvalue weighted by Gasteiger charge is -2.32. The maximum atomic E-state index is 12.7. The van der Waals surface area contributed by atoms with Gasteiger partial charge in [0.25, 0.3) is 0 Å². The number of amides is 1. The third kappa shape index (κ3) is 3.31. The van der Waals surface area contributed by atoms with Gasteiger partial charge in [-0.3, -0.25) is 4.79 Å². The lowest BCUT2D eigenvalue weighted by molar-refractivity contribution is -0.134. The van der Waals surface area contributed by atoms with Crippen molar-refractivity contribution in [2.24, 2.45) is 17.3 Å². The van der Waals surface area contributed by atoms with Crippen LogP contribution in [-0.4, -0.2) is 41.5 Å². The van der Waals surface area contributed by atoms with Crippen LogP contribution in [0.5, 0.6) is 0 Å². The topological polar surface area (TPSA) is 72.6 Å². The van der Waals surface area contributed by atoms with Crippen LogP contribution in [0.3, 0.4) is 0 Å². The molecule has 2 fully saturated rings. The summed E-state index contributed by atoms with van der Waals surface area (Å²) >= 11 is 0. The zero-order valence-electron chi connectivity index (χ0n) is 15.6. The molecule has 1 aliphatic carbocycles. The van der Waals surface area contributed by atoms with Crippen LogP contribution >= 0.6 is 0 Å². The van der Waals surface area contributed by atoms with Gasteiger partial charge in [0.05, 0.1) is 6.61 Å². The van der Waals surface area contributed by atoms with E-state index in [4.69, 9.17) is 9.15 Å². The first-order chi connectivity index (χ1) is 11.9. The summed E-state index contributed by atoms with van der Waals surface area (Å²) in [6.45, 7) is 10.1. The third-order valence-electron chi connectivity index (χ3n) is 6.14. The number of nitrogens with zero attached hydrogens (tertiary/aromatic N) is 2. The van der Waals surface area contributed by atoms with Gasteiger partial charge in [0.15, 0.2) is 12.1 Å². The van der Waals surface area contributed by atoms with Gasteiger partial charge in [-0.25, -0.2) is 9.78 Å². The SMILES string of the molecule is CCOC(=O)c1ncoc1C1CCN(C(=O)C2CC2(C)C(C)C)CC1. The molecule has 0 N–H and O–H groups in total. The number of oxazole rings is 1. The first-order valence-electron chi connectivity index (χ1n) is 9.27. The van der Waals surface area contributed by atoms with E-state index in [1.165, 1.54) is 6.39 Å². The van der Waals surface area contributed by atoms with Crippen LogP contribution in [0.1, 0.15) is 69.1 Å². The van der Waals surface area contributed by atoms with E-state index in [-0.39, 0.29) is 28.9 Å². The molecule has 1 saturated carbocycles. The van der Waals surface area contributed by atoms with Gasteiger partial charge in [-0.05, 0) is 37.5 Å². The minimum Gasteiger partial charge on any atom is -0.461 e. The second-order valence-electron chi connectivity index (χ2n) is 7.80. The van der Waals surface area contributed by atoms with Gasteiger partial charge in [0, 0.05) is 24.9 Å². The monoisotopic (exact) mass is 348 g/mol. The smallest absolute Gasteiger partial charge is 0.360 e. The van der Waals surface area contributed by atoms with E-state index >= 15 is 0 Å². The Morgan fingerprint density at radius 2 is 2.08 bits per heavy atom. The number of esters is 1. The molecule has 6 heteroatoms. The zero-order chi connectivity index (χ0) is 18.2. The number of piperidine rings is 1. The van der Waals surface area contributed by atoms with E-state index < -0.39 is 5.97 Å². The minimum atomic E-state index is -0.435. The van der Waals surface area contributed by atoms with Crippen LogP contribution < -0.4 is 0 Å². The molecule has 138 valence electrons. The highest BCUT2D eigenvalue weighted by atomic mass is 16.5. The molecule has 1 aromatic heterocycles. The molecular formula is C19H28N2O4. The van der Waals surface area contributed by atoms with Gasteiger partial charge < -0.3 is 14.1 Å². The molecule has 25 heavy (non-hydrogen) atoms. The lowest BCUT2D eigenvalue weighted by atomic mass is 9.90. The fraction of sp³-hybridized carbons (Fsp3) is 0.737. The van der Waals surface area contributed by atoms with Crippen molar-refractivity contribution >= 4 is 11.9 Å². The van der Waals surface area contributed by atoms with E-state index in [1.54, 1.807) is 6.92 Å². The summed E-state index contributed by atoms with van der Waals surface area (Å²) in [6, 6.07) is 0. The zero-order valence-corrected chi connectivity index (χ0v) is 15.6. The fourth-order valence-electron chi connectivity index (χ4n) is 3.87. The fourth-order valence-corrected chi connectivity index (χ4v) is 3.87. The standard InChI is InChI=1S/C19H28N2O4/c1-5-24-18(23)15-16(25-11-20-15)13-6-8-21(9-7-13)17(22)14-10-19(14,4)12(2)3/h11-14H,5-10H2,1-4H3. The number of ether oxygens (including phenoxy) is 1. The highest BCUT2D eigenvalue weighted by Gasteiger charge is 2.57. The molecule has 6 nitrogen and oxygen atoms in total. The van der Waals surface area contributed by atoms with Crippen molar-refractivity contribution in [3.05, 3.63) is 17.8 Å². The Morgan fingerprint density at radius 1 is 1.40 bits per heavy atom. The van der Waals surface area contributed by atoms with E-state index in [0.29, 0.717) is 31.4 Å². The molecule has 1 saturated heterocycles. The van der Waals surface area contributed by atoms with E-state index in [9.17, 15) is 9.59 Å². The predicted molar refractivity (Wildman–Crippen MR) is 92.1 cm³/mol. The highest BCUT2D eigenvalue weighted by molar-refractivity contribution is 5.88. The Balaban J connectivity index is 1.59. The molecule has 2 unspecified atom stereocenters. The molecule has 2 atom stereocenters. The van der Waals surface area contributed by atoms with Gasteiger partial charge in [-0.15, -0.1) is 0 Å². The van der Waals surface area contributed by atoms with Crippen molar-refractivity contribution in [2.75, 3.05) is 19.7 Å². The third-order valence-corrected chi connectivity index (χ3v) is 6.14. The molecule has 2 heterocycles. The van der Waals surface area contributed by atoms with Crippen LogP contribution in [0.4, 0.5) is 0 Å². The summed E-state index contributed by atoms with van der Waals surface area (Å²) in [5, 5.41) is 0. The Hall–Kier alpha value is -1.85. The Kier molecular flexibility index (Phi) is 4.89. The predicted octanol–water partition coefficient (Wildman–Crippen LogP) is 3.24. The van der Waals surface area contributed by atoms with Crippen molar-refractivity contribution in [1.29, 1.82) is 0 Å². The van der Waals surface area contributed by atoms with Crippen molar-refractivity contribution in [1.82, 2.24) is 9.88 Å². The number of aromatic nitrogens is 1. The van der Waals surface area contributed by atoms with E-state index in [0.717, 1.165) is 19.3 Å². The molecule has 3 rings (SSSR count). The number of likely N-dealkylation sites (tertiary alicyclic amines) is 1. The summed E-state index contributed by atoms with van der Waals surface area (Å²) in [6.07, 6.45) is 3.88. The molecule has 1 aromatic rings.